The predicted octanol–water partition coefficient (Wildman–Crippen LogP) is 4.94. The summed E-state index contributed by atoms with van der Waals surface area (Å²) in [6.45, 7) is 1.98. The molecule has 1 aromatic heterocycles. The van der Waals surface area contributed by atoms with Crippen LogP contribution in [0.4, 0.5) is 11.4 Å². The van der Waals surface area contributed by atoms with E-state index in [1.54, 1.807) is 0 Å². The Bertz CT molecular complexity index is 718. The highest BCUT2D eigenvalue weighted by atomic mass is 35.5. The van der Waals surface area contributed by atoms with Gasteiger partial charge in [0.05, 0.1) is 5.52 Å². The van der Waals surface area contributed by atoms with Crippen LogP contribution in [-0.4, -0.2) is 4.98 Å². The lowest BCUT2D eigenvalue weighted by Gasteiger charge is -2.11. The average molecular weight is 269 g/mol. The quantitative estimate of drug-likeness (QED) is 0.712. The molecule has 94 valence electrons. The highest BCUT2D eigenvalue weighted by Crippen LogP contribution is 2.28. The lowest BCUT2D eigenvalue weighted by Crippen LogP contribution is -1.94. The maximum atomic E-state index is 6.02. The Morgan fingerprint density at radius 1 is 1.00 bits per heavy atom. The van der Waals surface area contributed by atoms with E-state index in [0.717, 1.165) is 28.0 Å². The van der Waals surface area contributed by atoms with Crippen molar-refractivity contribution in [2.45, 2.75) is 6.92 Å². The summed E-state index contributed by atoms with van der Waals surface area (Å²) in [5.74, 6) is 0. The van der Waals surface area contributed by atoms with Gasteiger partial charge >= 0.3 is 0 Å². The van der Waals surface area contributed by atoms with Crippen LogP contribution in [0, 0.1) is 6.92 Å². The van der Waals surface area contributed by atoms with E-state index in [4.69, 9.17) is 11.6 Å². The Labute approximate surface area is 117 Å². The van der Waals surface area contributed by atoms with E-state index in [-0.39, 0.29) is 0 Å². The molecule has 3 heteroatoms. The van der Waals surface area contributed by atoms with Gasteiger partial charge in [-0.15, -0.1) is 0 Å². The van der Waals surface area contributed by atoms with Crippen molar-refractivity contribution < 1.29 is 0 Å². The zero-order valence-corrected chi connectivity index (χ0v) is 11.3. The van der Waals surface area contributed by atoms with Crippen LogP contribution in [0.25, 0.3) is 10.9 Å². The molecule has 3 aromatic rings. The molecule has 0 spiro atoms. The second kappa shape index (κ2) is 4.90. The Balaban J connectivity index is 2.12. The molecular weight excluding hydrogens is 256 g/mol. The number of rotatable bonds is 2. The molecule has 0 amide bonds. The van der Waals surface area contributed by atoms with Gasteiger partial charge in [0.15, 0.2) is 0 Å². The molecule has 0 unspecified atom stereocenters. The summed E-state index contributed by atoms with van der Waals surface area (Å²) in [6.07, 6.45) is 0. The number of anilines is 2. The number of hydrogen-bond acceptors (Lipinski definition) is 2. The Morgan fingerprint density at radius 2 is 1.79 bits per heavy atom. The molecule has 0 saturated heterocycles. The molecule has 2 nitrogen and oxygen atoms in total. The van der Waals surface area contributed by atoms with Crippen LogP contribution in [0.1, 0.15) is 5.69 Å². The highest BCUT2D eigenvalue weighted by molar-refractivity contribution is 6.31. The van der Waals surface area contributed by atoms with Crippen LogP contribution in [0.3, 0.4) is 0 Å². The molecule has 19 heavy (non-hydrogen) atoms. The van der Waals surface area contributed by atoms with Gasteiger partial charge in [0.1, 0.15) is 0 Å². The van der Waals surface area contributed by atoms with Gasteiger partial charge in [0.25, 0.3) is 0 Å². The number of para-hydroxylation sites is 1. The van der Waals surface area contributed by atoms with Crippen molar-refractivity contribution in [2.24, 2.45) is 0 Å². The zero-order valence-electron chi connectivity index (χ0n) is 10.5. The number of pyridine rings is 1. The molecule has 0 saturated carbocycles. The van der Waals surface area contributed by atoms with Crippen LogP contribution in [0.5, 0.6) is 0 Å². The summed E-state index contributed by atoms with van der Waals surface area (Å²) in [5, 5.41) is 5.20. The van der Waals surface area contributed by atoms with Crippen LogP contribution >= 0.6 is 11.6 Å². The molecule has 1 heterocycles. The monoisotopic (exact) mass is 268 g/mol. The van der Waals surface area contributed by atoms with Crippen LogP contribution in [-0.2, 0) is 0 Å². The topological polar surface area (TPSA) is 24.9 Å². The molecule has 2 aromatic carbocycles. The molecule has 1 N–H and O–H groups in total. The number of fused-ring (bicyclic) bond motifs is 1. The van der Waals surface area contributed by atoms with Gasteiger partial charge < -0.3 is 5.32 Å². The van der Waals surface area contributed by atoms with E-state index in [9.17, 15) is 0 Å². The summed E-state index contributed by atoms with van der Waals surface area (Å²) in [4.78, 5) is 4.51. The SMILES string of the molecule is Cc1cc(Nc2ccccc2)c2ccc(Cl)cc2n1. The van der Waals surface area contributed by atoms with E-state index in [1.807, 2.05) is 61.5 Å². The zero-order chi connectivity index (χ0) is 13.2. The van der Waals surface area contributed by atoms with Crippen molar-refractivity contribution in [3.05, 3.63) is 65.3 Å². The molecule has 0 aliphatic heterocycles. The number of halogens is 1. The second-order valence-corrected chi connectivity index (χ2v) is 4.90. The fourth-order valence-electron chi connectivity index (χ4n) is 2.11. The minimum Gasteiger partial charge on any atom is -0.355 e. The molecule has 0 atom stereocenters. The third-order valence-electron chi connectivity index (χ3n) is 2.95. The Morgan fingerprint density at radius 3 is 2.58 bits per heavy atom. The van der Waals surface area contributed by atoms with Gasteiger partial charge in [-0.25, -0.2) is 0 Å². The van der Waals surface area contributed by atoms with Gasteiger partial charge in [-0.3, -0.25) is 4.98 Å². The molecule has 0 bridgehead atoms. The van der Waals surface area contributed by atoms with Crippen molar-refractivity contribution in [1.29, 1.82) is 0 Å². The van der Waals surface area contributed by atoms with Gasteiger partial charge in [-0.1, -0.05) is 29.8 Å². The summed E-state index contributed by atoms with van der Waals surface area (Å²) < 4.78 is 0. The van der Waals surface area contributed by atoms with Gasteiger partial charge in [-0.2, -0.15) is 0 Å². The number of nitrogens with zero attached hydrogens (tertiary/aromatic N) is 1. The lowest BCUT2D eigenvalue weighted by molar-refractivity contribution is 1.25. The van der Waals surface area contributed by atoms with Crippen LogP contribution in [0.15, 0.2) is 54.6 Å². The normalized spacial score (nSPS) is 10.6. The van der Waals surface area contributed by atoms with Gasteiger partial charge in [-0.05, 0) is 43.3 Å². The fraction of sp³-hybridized carbons (Fsp3) is 0.0625. The van der Waals surface area contributed by atoms with E-state index < -0.39 is 0 Å². The first-order valence-electron chi connectivity index (χ1n) is 6.11. The summed E-state index contributed by atoms with van der Waals surface area (Å²) in [5.41, 5.74) is 3.98. The molecule has 3 rings (SSSR count). The van der Waals surface area contributed by atoms with Crippen LogP contribution in [0.2, 0.25) is 5.02 Å². The van der Waals surface area contributed by atoms with E-state index >= 15 is 0 Å². The largest absolute Gasteiger partial charge is 0.355 e. The predicted molar refractivity (Wildman–Crippen MR) is 81.2 cm³/mol. The van der Waals surface area contributed by atoms with Crippen molar-refractivity contribution in [3.8, 4) is 0 Å². The van der Waals surface area contributed by atoms with Crippen molar-refractivity contribution >= 4 is 33.9 Å². The fourth-order valence-corrected chi connectivity index (χ4v) is 2.28. The first kappa shape index (κ1) is 12.0. The van der Waals surface area contributed by atoms with Crippen molar-refractivity contribution in [2.75, 3.05) is 5.32 Å². The number of hydrogen-bond donors (Lipinski definition) is 1. The van der Waals surface area contributed by atoms with Crippen molar-refractivity contribution in [3.63, 3.8) is 0 Å². The summed E-state index contributed by atoms with van der Waals surface area (Å²) in [6, 6.07) is 17.9. The molecule has 0 aliphatic carbocycles. The van der Waals surface area contributed by atoms with E-state index in [1.165, 1.54) is 0 Å². The Hall–Kier alpha value is -2.06. The third-order valence-corrected chi connectivity index (χ3v) is 3.19. The number of aryl methyl sites for hydroxylation is 1. The number of benzene rings is 2. The van der Waals surface area contributed by atoms with E-state index in [0.29, 0.717) is 5.02 Å². The van der Waals surface area contributed by atoms with E-state index in [2.05, 4.69) is 10.3 Å². The molecular formula is C16H13ClN2. The number of aromatic nitrogens is 1. The standard InChI is InChI=1S/C16H13ClN2/c1-11-9-15(19-13-5-3-2-4-6-13)14-8-7-12(17)10-16(14)18-11/h2-10H,1H3,(H,18,19). The molecule has 0 aliphatic rings. The van der Waals surface area contributed by atoms with Crippen molar-refractivity contribution in [1.82, 2.24) is 4.98 Å². The first-order chi connectivity index (χ1) is 9.22. The van der Waals surface area contributed by atoms with Gasteiger partial charge in [0, 0.05) is 27.5 Å². The Kier molecular flexibility index (Phi) is 3.10. The minimum absolute atomic E-state index is 0.705. The average Bonchev–Trinajstić information content (AvgIpc) is 2.39. The summed E-state index contributed by atoms with van der Waals surface area (Å²) in [7, 11) is 0. The maximum Gasteiger partial charge on any atom is 0.0740 e. The third kappa shape index (κ3) is 2.54. The highest BCUT2D eigenvalue weighted by Gasteiger charge is 2.05. The molecule has 0 fully saturated rings. The molecule has 0 radical (unpaired) electrons. The lowest BCUT2D eigenvalue weighted by atomic mass is 10.1. The smallest absolute Gasteiger partial charge is 0.0740 e. The maximum absolute atomic E-state index is 6.02. The van der Waals surface area contributed by atoms with Crippen LogP contribution < -0.4 is 5.32 Å². The van der Waals surface area contributed by atoms with Gasteiger partial charge in [0.2, 0.25) is 0 Å². The number of nitrogens with one attached hydrogen (secondary N) is 1. The summed E-state index contributed by atoms with van der Waals surface area (Å²) >= 11 is 6.02. The minimum atomic E-state index is 0.705. The first-order valence-corrected chi connectivity index (χ1v) is 6.49. The second-order valence-electron chi connectivity index (χ2n) is 4.46.